The highest BCUT2D eigenvalue weighted by Gasteiger charge is 2.19. The van der Waals surface area contributed by atoms with Crippen LogP contribution in [0.5, 0.6) is 0 Å². The number of aromatic nitrogens is 2. The van der Waals surface area contributed by atoms with E-state index in [1.165, 1.54) is 24.8 Å². The molecule has 30 heavy (non-hydrogen) atoms. The van der Waals surface area contributed by atoms with Crippen molar-refractivity contribution in [2.45, 2.75) is 64.0 Å². The number of carbonyl (C=O) groups excluding carboxylic acids is 1. The third kappa shape index (κ3) is 5.92. The number of nitrogens with zero attached hydrogens (tertiary/aromatic N) is 3. The molecule has 0 spiro atoms. The standard InChI is InChI=1S/C23H29ClN4O2/c24-19-8-6-17(7-9-19)16-28-14-12-18(13-15-28)23-26-22(30-27-23)11-10-21(29)25-20-4-2-1-3-5-20/h6-9,12,20H,1-5,10-11,13-16H2,(H,25,29). The second-order valence-electron chi connectivity index (χ2n) is 8.26. The van der Waals surface area contributed by atoms with Gasteiger partial charge < -0.3 is 9.84 Å². The van der Waals surface area contributed by atoms with E-state index < -0.39 is 0 Å². The van der Waals surface area contributed by atoms with Crippen molar-refractivity contribution >= 4 is 23.1 Å². The lowest BCUT2D eigenvalue weighted by atomic mass is 9.95. The van der Waals surface area contributed by atoms with E-state index in [-0.39, 0.29) is 5.91 Å². The van der Waals surface area contributed by atoms with Crippen molar-refractivity contribution < 1.29 is 9.32 Å². The summed E-state index contributed by atoms with van der Waals surface area (Å²) in [5, 5.41) is 8.03. The monoisotopic (exact) mass is 428 g/mol. The molecule has 160 valence electrons. The fourth-order valence-corrected chi connectivity index (χ4v) is 4.29. The average Bonchev–Trinajstić information content (AvgIpc) is 3.24. The Hall–Kier alpha value is -2.18. The van der Waals surface area contributed by atoms with Crippen LogP contribution in [0.15, 0.2) is 34.9 Å². The van der Waals surface area contributed by atoms with Crippen LogP contribution in [-0.4, -0.2) is 40.1 Å². The van der Waals surface area contributed by atoms with Crippen LogP contribution >= 0.6 is 11.6 Å². The van der Waals surface area contributed by atoms with Crippen molar-refractivity contribution in [3.63, 3.8) is 0 Å². The van der Waals surface area contributed by atoms with Gasteiger partial charge in [0.1, 0.15) is 0 Å². The molecule has 7 heteroatoms. The number of aryl methyl sites for hydroxylation is 1. The van der Waals surface area contributed by atoms with Gasteiger partial charge in [-0.1, -0.05) is 54.2 Å². The molecule has 1 aliphatic heterocycles. The van der Waals surface area contributed by atoms with Crippen LogP contribution in [0.25, 0.3) is 5.57 Å². The molecular weight excluding hydrogens is 400 g/mol. The molecule has 1 aromatic carbocycles. The highest BCUT2D eigenvalue weighted by molar-refractivity contribution is 6.30. The van der Waals surface area contributed by atoms with Gasteiger partial charge in [0, 0.05) is 43.5 Å². The smallest absolute Gasteiger partial charge is 0.227 e. The van der Waals surface area contributed by atoms with Crippen molar-refractivity contribution in [3.8, 4) is 0 Å². The van der Waals surface area contributed by atoms with E-state index >= 15 is 0 Å². The highest BCUT2D eigenvalue weighted by Crippen LogP contribution is 2.22. The molecule has 0 radical (unpaired) electrons. The maximum Gasteiger partial charge on any atom is 0.227 e. The Morgan fingerprint density at radius 1 is 1.20 bits per heavy atom. The zero-order chi connectivity index (χ0) is 20.8. The second kappa shape index (κ2) is 10.2. The molecule has 0 atom stereocenters. The first-order valence-electron chi connectivity index (χ1n) is 10.9. The second-order valence-corrected chi connectivity index (χ2v) is 8.69. The minimum Gasteiger partial charge on any atom is -0.353 e. The molecule has 1 fully saturated rings. The van der Waals surface area contributed by atoms with E-state index in [1.54, 1.807) is 0 Å². The van der Waals surface area contributed by atoms with Crippen molar-refractivity contribution in [2.75, 3.05) is 13.1 Å². The lowest BCUT2D eigenvalue weighted by molar-refractivity contribution is -0.122. The summed E-state index contributed by atoms with van der Waals surface area (Å²) in [7, 11) is 0. The average molecular weight is 429 g/mol. The van der Waals surface area contributed by atoms with E-state index in [2.05, 4.69) is 38.6 Å². The van der Waals surface area contributed by atoms with Crippen LogP contribution in [0.3, 0.4) is 0 Å². The van der Waals surface area contributed by atoms with Crippen LogP contribution in [0.2, 0.25) is 5.02 Å². The molecule has 1 aromatic heterocycles. The number of benzene rings is 1. The van der Waals surface area contributed by atoms with Gasteiger partial charge in [-0.3, -0.25) is 9.69 Å². The minimum absolute atomic E-state index is 0.0800. The number of hydrogen-bond acceptors (Lipinski definition) is 5. The van der Waals surface area contributed by atoms with Gasteiger partial charge in [-0.25, -0.2) is 0 Å². The molecule has 2 heterocycles. The van der Waals surface area contributed by atoms with E-state index in [0.29, 0.717) is 30.6 Å². The molecule has 1 aliphatic carbocycles. The first-order chi connectivity index (χ1) is 14.7. The maximum absolute atomic E-state index is 12.2. The normalized spacial score (nSPS) is 18.2. The molecule has 0 saturated heterocycles. The van der Waals surface area contributed by atoms with Crippen molar-refractivity contribution in [1.82, 2.24) is 20.4 Å². The van der Waals surface area contributed by atoms with E-state index in [4.69, 9.17) is 16.1 Å². The maximum atomic E-state index is 12.2. The topological polar surface area (TPSA) is 71.3 Å². The fourth-order valence-electron chi connectivity index (χ4n) is 4.16. The predicted octanol–water partition coefficient (Wildman–Crippen LogP) is 4.39. The van der Waals surface area contributed by atoms with Gasteiger partial charge in [-0.05, 0) is 42.5 Å². The van der Waals surface area contributed by atoms with Gasteiger partial charge >= 0.3 is 0 Å². The van der Waals surface area contributed by atoms with E-state index in [1.807, 2.05) is 12.1 Å². The van der Waals surface area contributed by atoms with Crippen LogP contribution in [0, 0.1) is 0 Å². The summed E-state index contributed by atoms with van der Waals surface area (Å²) in [4.78, 5) is 19.1. The third-order valence-corrected chi connectivity index (χ3v) is 6.16. The summed E-state index contributed by atoms with van der Waals surface area (Å²) in [6.07, 6.45) is 9.84. The van der Waals surface area contributed by atoms with E-state index in [0.717, 1.165) is 49.5 Å². The minimum atomic E-state index is 0.0800. The van der Waals surface area contributed by atoms with Crippen LogP contribution in [0.1, 0.15) is 62.2 Å². The fraction of sp³-hybridized carbons (Fsp3) is 0.522. The lowest BCUT2D eigenvalue weighted by Crippen LogP contribution is -2.36. The van der Waals surface area contributed by atoms with Crippen LogP contribution in [-0.2, 0) is 17.8 Å². The highest BCUT2D eigenvalue weighted by atomic mass is 35.5. The Morgan fingerprint density at radius 2 is 2.00 bits per heavy atom. The number of amides is 1. The summed E-state index contributed by atoms with van der Waals surface area (Å²) in [5.74, 6) is 1.27. The van der Waals surface area contributed by atoms with Gasteiger partial charge in [-0.15, -0.1) is 0 Å². The van der Waals surface area contributed by atoms with Crippen molar-refractivity contribution in [3.05, 3.63) is 52.6 Å². The molecule has 0 unspecified atom stereocenters. The van der Waals surface area contributed by atoms with Gasteiger partial charge in [0.05, 0.1) is 0 Å². The van der Waals surface area contributed by atoms with Crippen molar-refractivity contribution in [2.24, 2.45) is 0 Å². The number of nitrogens with one attached hydrogen (secondary N) is 1. The van der Waals surface area contributed by atoms with Gasteiger partial charge in [0.2, 0.25) is 11.8 Å². The van der Waals surface area contributed by atoms with Crippen LogP contribution in [0.4, 0.5) is 0 Å². The Bertz CT molecular complexity index is 872. The summed E-state index contributed by atoms with van der Waals surface area (Å²) in [6, 6.07) is 8.33. The molecule has 2 aliphatic rings. The van der Waals surface area contributed by atoms with E-state index in [9.17, 15) is 4.79 Å². The number of rotatable bonds is 7. The lowest BCUT2D eigenvalue weighted by Gasteiger charge is -2.25. The summed E-state index contributed by atoms with van der Waals surface area (Å²) in [6.45, 7) is 2.70. The molecule has 0 bridgehead atoms. The van der Waals surface area contributed by atoms with Crippen molar-refractivity contribution in [1.29, 1.82) is 0 Å². The predicted molar refractivity (Wildman–Crippen MR) is 117 cm³/mol. The molecule has 4 rings (SSSR count). The summed E-state index contributed by atoms with van der Waals surface area (Å²) in [5.41, 5.74) is 2.37. The Kier molecular flexibility index (Phi) is 7.18. The van der Waals surface area contributed by atoms with Gasteiger partial charge in [-0.2, -0.15) is 4.98 Å². The third-order valence-electron chi connectivity index (χ3n) is 5.90. The Morgan fingerprint density at radius 3 is 2.73 bits per heavy atom. The number of hydrogen-bond donors (Lipinski definition) is 1. The zero-order valence-corrected chi connectivity index (χ0v) is 18.0. The van der Waals surface area contributed by atoms with Gasteiger partial charge in [0.25, 0.3) is 0 Å². The SMILES string of the molecule is O=C(CCc1nc(C2=CCN(Cc3ccc(Cl)cc3)CC2)no1)NC1CCCCC1. The van der Waals surface area contributed by atoms with Gasteiger partial charge in [0.15, 0.2) is 5.82 Å². The zero-order valence-electron chi connectivity index (χ0n) is 17.3. The molecule has 2 aromatic rings. The quantitative estimate of drug-likeness (QED) is 0.707. The number of halogens is 1. The Labute approximate surface area is 182 Å². The molecule has 6 nitrogen and oxygen atoms in total. The van der Waals surface area contributed by atoms with Crippen LogP contribution < -0.4 is 5.32 Å². The molecule has 1 N–H and O–H groups in total. The molecular formula is C23H29ClN4O2. The summed E-state index contributed by atoms with van der Waals surface area (Å²) >= 11 is 5.96. The first-order valence-corrected chi connectivity index (χ1v) is 11.3. The first kappa shape index (κ1) is 21.1. The summed E-state index contributed by atoms with van der Waals surface area (Å²) < 4.78 is 5.38. The number of carbonyl (C=O) groups is 1. The molecule has 1 saturated carbocycles. The Balaban J connectivity index is 1.24. The molecule has 1 amide bonds. The largest absolute Gasteiger partial charge is 0.353 e.